The van der Waals surface area contributed by atoms with Crippen LogP contribution in [0, 0.1) is 11.3 Å². The van der Waals surface area contributed by atoms with Gasteiger partial charge in [-0.2, -0.15) is 5.26 Å². The number of phenolic OH excluding ortho intramolecular Hbond substituents is 2. The molecule has 0 saturated carbocycles. The summed E-state index contributed by atoms with van der Waals surface area (Å²) in [6, 6.07) is 13.7. The van der Waals surface area contributed by atoms with Crippen molar-refractivity contribution in [2.75, 3.05) is 7.11 Å². The Kier molecular flexibility index (Phi) is 3.92. The van der Waals surface area contributed by atoms with Crippen LogP contribution in [0.25, 0.3) is 11.6 Å². The maximum absolute atomic E-state index is 9.50. The fourth-order valence-electron chi connectivity index (χ4n) is 1.81. The van der Waals surface area contributed by atoms with E-state index < -0.39 is 0 Å². The summed E-state index contributed by atoms with van der Waals surface area (Å²) in [6.45, 7) is 0. The molecule has 0 heterocycles. The van der Waals surface area contributed by atoms with Crippen molar-refractivity contribution in [3.05, 3.63) is 53.6 Å². The van der Waals surface area contributed by atoms with Gasteiger partial charge in [0.1, 0.15) is 5.75 Å². The largest absolute Gasteiger partial charge is 0.504 e. The molecule has 2 rings (SSSR count). The van der Waals surface area contributed by atoms with E-state index in [9.17, 15) is 15.5 Å². The molecule has 20 heavy (non-hydrogen) atoms. The Bertz CT molecular complexity index is 699. The van der Waals surface area contributed by atoms with Gasteiger partial charge in [-0.05, 0) is 35.9 Å². The third kappa shape index (κ3) is 2.73. The third-order valence-electron chi connectivity index (χ3n) is 2.85. The predicted molar refractivity (Wildman–Crippen MR) is 76.2 cm³/mol. The van der Waals surface area contributed by atoms with Gasteiger partial charge >= 0.3 is 0 Å². The lowest BCUT2D eigenvalue weighted by molar-refractivity contribution is 0.403. The van der Waals surface area contributed by atoms with E-state index in [0.29, 0.717) is 16.9 Å². The molecule has 100 valence electrons. The van der Waals surface area contributed by atoms with Crippen LogP contribution >= 0.6 is 0 Å². The maximum Gasteiger partial charge on any atom is 0.158 e. The average molecular weight is 267 g/mol. The zero-order valence-corrected chi connectivity index (χ0v) is 10.9. The summed E-state index contributed by atoms with van der Waals surface area (Å²) in [5.74, 6) is 0.176. The molecule has 0 spiro atoms. The number of allylic oxidation sites excluding steroid dienone is 1. The molecule has 4 heteroatoms. The Morgan fingerprint density at radius 2 is 1.90 bits per heavy atom. The van der Waals surface area contributed by atoms with Crippen LogP contribution in [0.1, 0.15) is 11.1 Å². The molecule has 0 aliphatic rings. The molecule has 0 unspecified atom stereocenters. The van der Waals surface area contributed by atoms with Gasteiger partial charge in [0.05, 0.1) is 18.8 Å². The zero-order valence-electron chi connectivity index (χ0n) is 10.9. The lowest BCUT2D eigenvalue weighted by atomic mass is 10.0. The zero-order chi connectivity index (χ0) is 14.5. The predicted octanol–water partition coefficient (Wildman–Crippen LogP) is 3.17. The smallest absolute Gasteiger partial charge is 0.158 e. The van der Waals surface area contributed by atoms with Crippen molar-refractivity contribution in [3.8, 4) is 23.3 Å². The summed E-state index contributed by atoms with van der Waals surface area (Å²) in [7, 11) is 1.56. The number of phenols is 2. The van der Waals surface area contributed by atoms with Crippen molar-refractivity contribution in [1.82, 2.24) is 0 Å². The van der Waals surface area contributed by atoms with E-state index in [1.165, 1.54) is 12.1 Å². The van der Waals surface area contributed by atoms with Crippen molar-refractivity contribution in [3.63, 3.8) is 0 Å². The van der Waals surface area contributed by atoms with Crippen LogP contribution in [0.5, 0.6) is 17.2 Å². The van der Waals surface area contributed by atoms with E-state index in [0.717, 1.165) is 5.56 Å². The van der Waals surface area contributed by atoms with Crippen LogP contribution in [0.15, 0.2) is 42.5 Å². The van der Waals surface area contributed by atoms with Gasteiger partial charge in [0.15, 0.2) is 11.5 Å². The quantitative estimate of drug-likeness (QED) is 0.509. The Morgan fingerprint density at radius 3 is 2.55 bits per heavy atom. The van der Waals surface area contributed by atoms with Crippen molar-refractivity contribution >= 4 is 11.6 Å². The molecule has 0 saturated heterocycles. The number of ether oxygens (including phenoxy) is 1. The van der Waals surface area contributed by atoms with Gasteiger partial charge in [-0.25, -0.2) is 0 Å². The van der Waals surface area contributed by atoms with E-state index in [2.05, 4.69) is 6.07 Å². The van der Waals surface area contributed by atoms with Crippen LogP contribution in [-0.2, 0) is 0 Å². The number of hydrogen-bond acceptors (Lipinski definition) is 4. The molecular formula is C16H13NO3. The summed E-state index contributed by atoms with van der Waals surface area (Å²) in [5, 5.41) is 28.1. The van der Waals surface area contributed by atoms with E-state index in [-0.39, 0.29) is 11.5 Å². The molecule has 0 fully saturated rings. The maximum atomic E-state index is 9.50. The van der Waals surface area contributed by atoms with Gasteiger partial charge in [0.25, 0.3) is 0 Å². The molecule has 4 nitrogen and oxygen atoms in total. The van der Waals surface area contributed by atoms with Gasteiger partial charge in [0, 0.05) is 5.56 Å². The molecule has 0 bridgehead atoms. The first kappa shape index (κ1) is 13.5. The molecule has 2 N–H and O–H groups in total. The van der Waals surface area contributed by atoms with E-state index >= 15 is 0 Å². The lowest BCUT2D eigenvalue weighted by Gasteiger charge is -2.06. The van der Waals surface area contributed by atoms with Crippen LogP contribution in [0.4, 0.5) is 0 Å². The summed E-state index contributed by atoms with van der Waals surface area (Å²) in [6.07, 6.45) is 1.67. The highest BCUT2D eigenvalue weighted by Gasteiger charge is 2.07. The molecule has 0 aliphatic heterocycles. The van der Waals surface area contributed by atoms with Gasteiger partial charge in [-0.3, -0.25) is 0 Å². The second kappa shape index (κ2) is 5.81. The number of nitrogens with zero attached hydrogens (tertiary/aromatic N) is 1. The molecule has 0 aliphatic carbocycles. The molecule has 0 atom stereocenters. The van der Waals surface area contributed by atoms with Crippen molar-refractivity contribution in [1.29, 1.82) is 5.26 Å². The number of nitriles is 1. The van der Waals surface area contributed by atoms with Gasteiger partial charge in [0.2, 0.25) is 0 Å². The Balaban J connectivity index is 2.49. The highest BCUT2D eigenvalue weighted by atomic mass is 16.5. The summed E-state index contributed by atoms with van der Waals surface area (Å²) < 4.78 is 5.23. The average Bonchev–Trinajstić information content (AvgIpc) is 2.48. The van der Waals surface area contributed by atoms with Crippen molar-refractivity contribution < 1.29 is 14.9 Å². The second-order valence-electron chi connectivity index (χ2n) is 4.12. The summed E-state index contributed by atoms with van der Waals surface area (Å²) in [5.41, 5.74) is 1.65. The van der Waals surface area contributed by atoms with E-state index in [4.69, 9.17) is 4.74 Å². The number of hydrogen-bond donors (Lipinski definition) is 2. The first-order chi connectivity index (χ1) is 9.65. The molecule has 0 aromatic heterocycles. The van der Waals surface area contributed by atoms with Crippen molar-refractivity contribution in [2.24, 2.45) is 0 Å². The van der Waals surface area contributed by atoms with E-state index in [1.807, 2.05) is 18.2 Å². The number of para-hydroxylation sites is 1. The molecule has 2 aromatic carbocycles. The fraction of sp³-hybridized carbons (Fsp3) is 0.0625. The van der Waals surface area contributed by atoms with Crippen LogP contribution in [-0.4, -0.2) is 17.3 Å². The molecule has 2 aromatic rings. The second-order valence-corrected chi connectivity index (χ2v) is 4.12. The Labute approximate surface area is 116 Å². The standard InChI is InChI=1S/C16H13NO3/c1-20-16-5-3-2-4-12(16)8-13(10-17)11-6-7-14(18)15(19)9-11/h2-9,18-19H,1H3/b13-8-. The van der Waals surface area contributed by atoms with Crippen molar-refractivity contribution in [2.45, 2.75) is 0 Å². The number of benzene rings is 2. The number of methoxy groups -OCH3 is 1. The van der Waals surface area contributed by atoms with Crippen LogP contribution < -0.4 is 4.74 Å². The third-order valence-corrected chi connectivity index (χ3v) is 2.85. The monoisotopic (exact) mass is 267 g/mol. The summed E-state index contributed by atoms with van der Waals surface area (Å²) in [4.78, 5) is 0. The van der Waals surface area contributed by atoms with Gasteiger partial charge in [-0.15, -0.1) is 0 Å². The van der Waals surface area contributed by atoms with Crippen LogP contribution in [0.2, 0.25) is 0 Å². The Morgan fingerprint density at radius 1 is 1.15 bits per heavy atom. The summed E-state index contributed by atoms with van der Waals surface area (Å²) >= 11 is 0. The van der Waals surface area contributed by atoms with E-state index in [1.54, 1.807) is 25.3 Å². The normalized spacial score (nSPS) is 10.9. The number of aromatic hydroxyl groups is 2. The fourth-order valence-corrected chi connectivity index (χ4v) is 1.81. The van der Waals surface area contributed by atoms with Gasteiger partial charge in [-0.1, -0.05) is 18.2 Å². The first-order valence-corrected chi connectivity index (χ1v) is 5.93. The lowest BCUT2D eigenvalue weighted by Crippen LogP contribution is -1.87. The topological polar surface area (TPSA) is 73.5 Å². The Hall–Kier alpha value is -2.93. The van der Waals surface area contributed by atoms with Gasteiger partial charge < -0.3 is 14.9 Å². The minimum atomic E-state index is -0.260. The highest BCUT2D eigenvalue weighted by Crippen LogP contribution is 2.30. The minimum Gasteiger partial charge on any atom is -0.504 e. The SMILES string of the molecule is COc1ccccc1/C=C(/C#N)c1ccc(O)c(O)c1. The molecular weight excluding hydrogens is 254 g/mol. The first-order valence-electron chi connectivity index (χ1n) is 5.93. The number of rotatable bonds is 3. The van der Waals surface area contributed by atoms with Crippen LogP contribution in [0.3, 0.4) is 0 Å². The molecule has 0 radical (unpaired) electrons. The minimum absolute atomic E-state index is 0.219. The molecule has 0 amide bonds. The highest BCUT2D eigenvalue weighted by molar-refractivity contribution is 5.91.